The van der Waals surface area contributed by atoms with Crippen LogP contribution < -0.4 is 25.2 Å². The molecule has 0 bridgehead atoms. The molecule has 0 aliphatic carbocycles. The summed E-state index contributed by atoms with van der Waals surface area (Å²) in [5.41, 5.74) is -0.767. The first-order valence-electron chi connectivity index (χ1n) is 12.1. The van der Waals surface area contributed by atoms with E-state index in [1.807, 2.05) is 6.07 Å². The molecule has 19 heteroatoms. The third kappa shape index (κ3) is 8.36. The molecule has 1 saturated heterocycles. The Labute approximate surface area is 284 Å². The second kappa shape index (κ2) is 14.2. The maximum absolute atomic E-state index is 14.6. The van der Waals surface area contributed by atoms with E-state index in [-0.39, 0.29) is 88.3 Å². The van der Waals surface area contributed by atoms with Crippen molar-refractivity contribution in [1.82, 2.24) is 19.9 Å². The number of amides is 1. The molecule has 0 spiro atoms. The van der Waals surface area contributed by atoms with Crippen LogP contribution in [0.5, 0.6) is 5.75 Å². The molecule has 5 rings (SSSR count). The zero-order valence-corrected chi connectivity index (χ0v) is 22.3. The van der Waals surface area contributed by atoms with Crippen molar-refractivity contribution in [3.8, 4) is 5.75 Å². The van der Waals surface area contributed by atoms with E-state index in [0.717, 1.165) is 30.0 Å². The van der Waals surface area contributed by atoms with Gasteiger partial charge in [-0.05, 0) is 38.1 Å². The average molecular weight is 624 g/mol. The molecule has 3 aromatic rings. The molecular formula is C23H28FN8Na2O7P. The van der Waals surface area contributed by atoms with Crippen molar-refractivity contribution < 1.29 is 37.5 Å². The van der Waals surface area contributed by atoms with E-state index in [1.165, 1.54) is 26.0 Å². The van der Waals surface area contributed by atoms with Crippen molar-refractivity contribution >= 4 is 108 Å². The Balaban J connectivity index is 0.00000242. The van der Waals surface area contributed by atoms with Crippen LogP contribution in [-0.2, 0) is 18.6 Å². The monoisotopic (exact) mass is 624 g/mol. The number of aromatic nitrogens is 4. The normalized spacial score (nSPS) is 16.0. The van der Waals surface area contributed by atoms with Gasteiger partial charge in [-0.3, -0.25) is 14.2 Å². The Morgan fingerprint density at radius 3 is 2.48 bits per heavy atom. The topological polar surface area (TPSA) is 184 Å². The van der Waals surface area contributed by atoms with Crippen LogP contribution in [0.1, 0.15) is 13.8 Å². The second-order valence-electron chi connectivity index (χ2n) is 9.26. The van der Waals surface area contributed by atoms with E-state index in [1.54, 1.807) is 12.3 Å². The number of hydrogen-bond donors (Lipinski definition) is 4. The number of rotatable bonds is 8. The van der Waals surface area contributed by atoms with Gasteiger partial charge in [0, 0.05) is 13.1 Å². The van der Waals surface area contributed by atoms with Gasteiger partial charge in [0.2, 0.25) is 5.95 Å². The zero-order valence-electron chi connectivity index (χ0n) is 21.4. The van der Waals surface area contributed by atoms with Crippen LogP contribution in [0.4, 0.5) is 39.3 Å². The minimum absolute atomic E-state index is 0. The fourth-order valence-electron chi connectivity index (χ4n) is 3.98. The van der Waals surface area contributed by atoms with Crippen molar-refractivity contribution in [1.29, 1.82) is 0 Å². The molecule has 0 aromatic carbocycles. The Morgan fingerprint density at radius 1 is 1.07 bits per heavy atom. The van der Waals surface area contributed by atoms with Crippen LogP contribution in [0.2, 0.25) is 0 Å². The molecule has 3 aromatic heterocycles. The van der Waals surface area contributed by atoms with E-state index in [4.69, 9.17) is 19.3 Å². The van der Waals surface area contributed by atoms with Crippen LogP contribution in [0.3, 0.4) is 0 Å². The molecule has 0 radical (unpaired) electrons. The number of anilines is 6. The number of phosphoric acid groups is 1. The SMILES string of the molecule is CC1(C)Oc2ccc(Nc3nc(Nc4ccc(N5CCOCC5)nc4)ncc3F)nc2N(COP(=O)(O)O)C1=O.[NaH].[NaH]. The van der Waals surface area contributed by atoms with Crippen molar-refractivity contribution in [3.05, 3.63) is 42.5 Å². The summed E-state index contributed by atoms with van der Waals surface area (Å²) in [4.78, 5) is 51.0. The number of halogens is 1. The van der Waals surface area contributed by atoms with Crippen molar-refractivity contribution in [3.63, 3.8) is 0 Å². The molecule has 5 heterocycles. The Kier molecular flexibility index (Phi) is 11.7. The predicted molar refractivity (Wildman–Crippen MR) is 155 cm³/mol. The van der Waals surface area contributed by atoms with E-state index < -0.39 is 31.9 Å². The number of fused-ring (bicyclic) bond motifs is 1. The van der Waals surface area contributed by atoms with E-state index in [0.29, 0.717) is 18.9 Å². The minimum atomic E-state index is -4.89. The Hall–Kier alpha value is -1.95. The first kappa shape index (κ1) is 34.5. The van der Waals surface area contributed by atoms with Gasteiger partial charge in [-0.2, -0.15) is 4.98 Å². The summed E-state index contributed by atoms with van der Waals surface area (Å²) in [5, 5.41) is 5.70. The molecule has 4 N–H and O–H groups in total. The molecule has 2 aliphatic heterocycles. The Morgan fingerprint density at radius 2 is 1.81 bits per heavy atom. The van der Waals surface area contributed by atoms with Crippen LogP contribution in [0.25, 0.3) is 0 Å². The molecule has 1 amide bonds. The summed E-state index contributed by atoms with van der Waals surface area (Å²) < 4.78 is 41.5. The molecule has 1 fully saturated rings. The van der Waals surface area contributed by atoms with Gasteiger partial charge in [0.15, 0.2) is 28.8 Å². The third-order valence-corrected chi connectivity index (χ3v) is 6.36. The number of carbonyl (C=O) groups is 1. The van der Waals surface area contributed by atoms with Gasteiger partial charge in [-0.1, -0.05) is 0 Å². The first-order valence-corrected chi connectivity index (χ1v) is 13.6. The first-order chi connectivity index (χ1) is 19.0. The molecule has 216 valence electrons. The van der Waals surface area contributed by atoms with Gasteiger partial charge >= 0.3 is 66.9 Å². The summed E-state index contributed by atoms with van der Waals surface area (Å²) in [6, 6.07) is 6.59. The molecule has 15 nitrogen and oxygen atoms in total. The standard InChI is InChI=1S/C23H26FN8O7P.2Na.2H/c1-23(2)21(33)32(13-38-40(34,35)36)20-16(39-23)4-5-17(29-20)28-19-15(24)12-26-22(30-19)27-14-3-6-18(25-11-14)31-7-9-37-10-8-31;;;;/h3-6,11-12H,7-10,13H2,1-2H3,(H2,34,35,36)(H2,26,27,28,29,30);;;;. The van der Waals surface area contributed by atoms with Gasteiger partial charge in [0.25, 0.3) is 5.91 Å². The van der Waals surface area contributed by atoms with Crippen molar-refractivity contribution in [2.24, 2.45) is 0 Å². The van der Waals surface area contributed by atoms with Gasteiger partial charge in [-0.15, -0.1) is 0 Å². The fourth-order valence-corrected chi connectivity index (χ4v) is 4.24. The summed E-state index contributed by atoms with van der Waals surface area (Å²) >= 11 is 0. The average Bonchev–Trinajstić information content (AvgIpc) is 2.91. The number of ether oxygens (including phenoxy) is 2. The van der Waals surface area contributed by atoms with Crippen LogP contribution in [-0.4, -0.2) is 133 Å². The van der Waals surface area contributed by atoms with E-state index in [2.05, 4.69) is 40.0 Å². The third-order valence-electron chi connectivity index (χ3n) is 5.90. The summed E-state index contributed by atoms with van der Waals surface area (Å²) in [6.07, 6.45) is 2.59. The van der Waals surface area contributed by atoms with Crippen LogP contribution in [0.15, 0.2) is 36.7 Å². The molecule has 42 heavy (non-hydrogen) atoms. The number of nitrogens with one attached hydrogen (secondary N) is 2. The molecule has 0 atom stereocenters. The van der Waals surface area contributed by atoms with Crippen LogP contribution >= 0.6 is 7.82 Å². The summed E-state index contributed by atoms with van der Waals surface area (Å²) in [6.45, 7) is 4.98. The Bertz CT molecular complexity index is 1460. The van der Waals surface area contributed by atoms with Crippen LogP contribution in [0, 0.1) is 5.82 Å². The number of pyridine rings is 2. The number of morpholine rings is 1. The van der Waals surface area contributed by atoms with Gasteiger partial charge in [0.1, 0.15) is 18.4 Å². The van der Waals surface area contributed by atoms with Crippen molar-refractivity contribution in [2.75, 3.05) is 53.5 Å². The van der Waals surface area contributed by atoms with E-state index in [9.17, 15) is 13.8 Å². The fraction of sp³-hybridized carbons (Fsp3) is 0.348. The number of hydrogen-bond acceptors (Lipinski definition) is 12. The molecular weight excluding hydrogens is 596 g/mol. The molecule has 2 aliphatic rings. The quantitative estimate of drug-likeness (QED) is 0.206. The van der Waals surface area contributed by atoms with Crippen molar-refractivity contribution in [2.45, 2.75) is 19.4 Å². The number of nitrogens with zero attached hydrogens (tertiary/aromatic N) is 6. The molecule has 0 saturated carbocycles. The number of phosphoric ester groups is 1. The molecule has 0 unspecified atom stereocenters. The van der Waals surface area contributed by atoms with Gasteiger partial charge in [-0.25, -0.2) is 23.9 Å². The second-order valence-corrected chi connectivity index (χ2v) is 10.5. The van der Waals surface area contributed by atoms with Gasteiger partial charge < -0.3 is 34.8 Å². The predicted octanol–water partition coefficient (Wildman–Crippen LogP) is 1.00. The summed E-state index contributed by atoms with van der Waals surface area (Å²) in [5.74, 6) is -0.613. The van der Waals surface area contributed by atoms with Gasteiger partial charge in [0.05, 0.1) is 31.3 Å². The maximum atomic E-state index is 14.6. The number of carbonyl (C=O) groups excluding carboxylic acids is 1. The zero-order chi connectivity index (χ0) is 28.5. The summed E-state index contributed by atoms with van der Waals surface area (Å²) in [7, 11) is -4.89. The van der Waals surface area contributed by atoms with E-state index >= 15 is 0 Å².